The van der Waals surface area contributed by atoms with E-state index in [1.165, 1.54) is 6.92 Å². The number of nitrogens with one attached hydrogen (secondary N) is 2. The summed E-state index contributed by atoms with van der Waals surface area (Å²) in [5.74, 6) is -0.456. The van der Waals surface area contributed by atoms with Gasteiger partial charge >= 0.3 is 5.97 Å². The van der Waals surface area contributed by atoms with E-state index in [0.717, 1.165) is 6.07 Å². The molecule has 1 rings (SSSR count). The van der Waals surface area contributed by atoms with Crippen molar-refractivity contribution in [3.8, 4) is 5.88 Å². The van der Waals surface area contributed by atoms with Gasteiger partial charge in [0, 0.05) is 6.92 Å². The molecule has 0 amide bonds. The number of aromatic nitrogens is 2. The Morgan fingerprint density at radius 1 is 1.58 bits per heavy atom. The Balaban J connectivity index is 3.09. The number of esters is 1. The quantitative estimate of drug-likeness (QED) is 0.490. The molecule has 0 saturated carbocycles. The first-order valence-electron chi connectivity index (χ1n) is 3.10. The molecule has 12 heavy (non-hydrogen) atoms. The van der Waals surface area contributed by atoms with Crippen molar-refractivity contribution in [3.05, 3.63) is 21.2 Å². The molecule has 0 aromatic carbocycles. The molecule has 0 spiro atoms. The van der Waals surface area contributed by atoms with Gasteiger partial charge in [-0.25, -0.2) is 0 Å². The summed E-state index contributed by atoms with van der Waals surface area (Å²) >= 11 is 4.64. The molecule has 0 atom stereocenters. The van der Waals surface area contributed by atoms with Gasteiger partial charge in [0.15, 0.2) is 4.77 Å². The van der Waals surface area contributed by atoms with E-state index in [1.54, 1.807) is 0 Å². The summed E-state index contributed by atoms with van der Waals surface area (Å²) in [6.45, 7) is 1.23. The van der Waals surface area contributed by atoms with Gasteiger partial charge in [-0.1, -0.05) is 0 Å². The van der Waals surface area contributed by atoms with Gasteiger partial charge < -0.3 is 9.72 Å². The van der Waals surface area contributed by atoms with E-state index in [0.29, 0.717) is 0 Å². The molecular formula is C6H6N2O3S. The van der Waals surface area contributed by atoms with Gasteiger partial charge in [0.25, 0.3) is 5.56 Å². The van der Waals surface area contributed by atoms with Crippen LogP contribution in [0.5, 0.6) is 5.88 Å². The molecule has 2 N–H and O–H groups in total. The summed E-state index contributed by atoms with van der Waals surface area (Å²) in [5.41, 5.74) is -0.407. The van der Waals surface area contributed by atoms with Gasteiger partial charge in [-0.3, -0.25) is 14.6 Å². The topological polar surface area (TPSA) is 75.0 Å². The third kappa shape index (κ3) is 2.31. The fourth-order valence-electron chi connectivity index (χ4n) is 0.656. The molecule has 0 bridgehead atoms. The van der Waals surface area contributed by atoms with Crippen LogP contribution in [-0.4, -0.2) is 15.9 Å². The third-order valence-electron chi connectivity index (χ3n) is 0.989. The highest BCUT2D eigenvalue weighted by atomic mass is 32.1. The van der Waals surface area contributed by atoms with E-state index in [9.17, 15) is 9.59 Å². The lowest BCUT2D eigenvalue weighted by Crippen LogP contribution is -2.10. The molecule has 0 aliphatic heterocycles. The summed E-state index contributed by atoms with van der Waals surface area (Å²) in [4.78, 5) is 26.0. The zero-order valence-electron chi connectivity index (χ0n) is 6.21. The van der Waals surface area contributed by atoms with Crippen LogP contribution < -0.4 is 10.3 Å². The summed E-state index contributed by atoms with van der Waals surface area (Å²) in [6, 6.07) is 1.11. The maximum Gasteiger partial charge on any atom is 0.309 e. The fourth-order valence-corrected chi connectivity index (χ4v) is 0.857. The maximum atomic E-state index is 10.8. The highest BCUT2D eigenvalue weighted by molar-refractivity contribution is 7.71. The van der Waals surface area contributed by atoms with Gasteiger partial charge in [-0.15, -0.1) is 0 Å². The van der Waals surface area contributed by atoms with E-state index >= 15 is 0 Å². The molecule has 1 heterocycles. The molecule has 0 aliphatic rings. The molecular weight excluding hydrogens is 180 g/mol. The maximum absolute atomic E-state index is 10.8. The first-order valence-corrected chi connectivity index (χ1v) is 3.51. The monoisotopic (exact) mass is 186 g/mol. The van der Waals surface area contributed by atoms with E-state index in [-0.39, 0.29) is 10.7 Å². The molecule has 5 nitrogen and oxygen atoms in total. The van der Waals surface area contributed by atoms with Crippen molar-refractivity contribution in [3.63, 3.8) is 0 Å². The van der Waals surface area contributed by atoms with E-state index < -0.39 is 11.5 Å². The number of carbonyl (C=O) groups is 1. The van der Waals surface area contributed by atoms with Gasteiger partial charge in [-0.05, 0) is 12.2 Å². The van der Waals surface area contributed by atoms with Crippen LogP contribution in [0.25, 0.3) is 0 Å². The predicted octanol–water partition coefficient (Wildman–Crippen LogP) is 0.358. The third-order valence-corrected chi connectivity index (χ3v) is 1.19. The standard InChI is InChI=1S/C6H6N2O3S/c1-3(9)11-5-2-4(10)7-6(12)8-5/h2H,1H3,(H2,7,8,10,12). The summed E-state index contributed by atoms with van der Waals surface area (Å²) in [7, 11) is 0. The zero-order valence-corrected chi connectivity index (χ0v) is 7.03. The second-order valence-electron chi connectivity index (χ2n) is 2.05. The lowest BCUT2D eigenvalue weighted by atomic mass is 10.6. The SMILES string of the molecule is CC(=O)Oc1cc(=O)[nH]c(=S)[nH]1. The number of rotatable bonds is 1. The van der Waals surface area contributed by atoms with Crippen molar-refractivity contribution in [1.29, 1.82) is 0 Å². The second kappa shape index (κ2) is 3.31. The van der Waals surface area contributed by atoms with Crippen LogP contribution in [0.15, 0.2) is 10.9 Å². The Hall–Kier alpha value is -1.43. The van der Waals surface area contributed by atoms with E-state index in [1.807, 2.05) is 0 Å². The molecule has 0 saturated heterocycles. The van der Waals surface area contributed by atoms with E-state index in [4.69, 9.17) is 0 Å². The lowest BCUT2D eigenvalue weighted by Gasteiger charge is -1.98. The van der Waals surface area contributed by atoms with Crippen LogP contribution in [0.4, 0.5) is 0 Å². The number of carbonyl (C=O) groups excluding carboxylic acids is 1. The Morgan fingerprint density at radius 2 is 2.25 bits per heavy atom. The lowest BCUT2D eigenvalue weighted by molar-refractivity contribution is -0.132. The minimum Gasteiger partial charge on any atom is -0.409 e. The highest BCUT2D eigenvalue weighted by Gasteiger charge is 1.98. The number of H-pyrrole nitrogens is 2. The summed E-state index contributed by atoms with van der Waals surface area (Å²) < 4.78 is 4.72. The van der Waals surface area contributed by atoms with Crippen LogP contribution in [0.1, 0.15) is 6.92 Å². The average molecular weight is 186 g/mol. The van der Waals surface area contributed by atoms with E-state index in [2.05, 4.69) is 26.9 Å². The Bertz CT molecular complexity index is 377. The smallest absolute Gasteiger partial charge is 0.309 e. The van der Waals surface area contributed by atoms with Crippen LogP contribution >= 0.6 is 12.2 Å². The normalized spacial score (nSPS) is 9.42. The molecule has 0 unspecified atom stereocenters. The van der Waals surface area contributed by atoms with Gasteiger partial charge in [0.2, 0.25) is 5.88 Å². The minimum atomic E-state index is -0.508. The number of ether oxygens (including phenoxy) is 1. The molecule has 1 aromatic rings. The van der Waals surface area contributed by atoms with Crippen LogP contribution in [0.2, 0.25) is 0 Å². The van der Waals surface area contributed by atoms with Crippen molar-refractivity contribution >= 4 is 18.2 Å². The molecule has 0 aliphatic carbocycles. The number of hydrogen-bond donors (Lipinski definition) is 2. The average Bonchev–Trinajstić information content (AvgIpc) is 1.81. The second-order valence-corrected chi connectivity index (χ2v) is 2.45. The number of hydrogen-bond acceptors (Lipinski definition) is 4. The Labute approximate surface area is 72.4 Å². The van der Waals surface area contributed by atoms with Crippen LogP contribution in [0.3, 0.4) is 0 Å². The predicted molar refractivity (Wildman–Crippen MR) is 43.6 cm³/mol. The van der Waals surface area contributed by atoms with Crippen molar-refractivity contribution < 1.29 is 9.53 Å². The fraction of sp³-hybridized carbons (Fsp3) is 0.167. The van der Waals surface area contributed by atoms with Gasteiger partial charge in [0.05, 0.1) is 6.07 Å². The van der Waals surface area contributed by atoms with Crippen LogP contribution in [-0.2, 0) is 4.79 Å². The Kier molecular flexibility index (Phi) is 2.39. The molecule has 64 valence electrons. The van der Waals surface area contributed by atoms with Crippen molar-refractivity contribution in [2.45, 2.75) is 6.92 Å². The van der Waals surface area contributed by atoms with Gasteiger partial charge in [-0.2, -0.15) is 0 Å². The molecule has 0 radical (unpaired) electrons. The van der Waals surface area contributed by atoms with Gasteiger partial charge in [0.1, 0.15) is 0 Å². The highest BCUT2D eigenvalue weighted by Crippen LogP contribution is 1.99. The van der Waals surface area contributed by atoms with Crippen LogP contribution in [0, 0.1) is 4.77 Å². The minimum absolute atomic E-state index is 0.0521. The summed E-state index contributed by atoms with van der Waals surface area (Å²) in [6.07, 6.45) is 0. The molecule has 0 fully saturated rings. The first-order chi connectivity index (χ1) is 5.58. The van der Waals surface area contributed by atoms with Crippen molar-refractivity contribution in [2.75, 3.05) is 0 Å². The zero-order chi connectivity index (χ0) is 9.14. The largest absolute Gasteiger partial charge is 0.409 e. The molecule has 6 heteroatoms. The molecule has 1 aromatic heterocycles. The van der Waals surface area contributed by atoms with Crippen molar-refractivity contribution in [2.24, 2.45) is 0 Å². The summed E-state index contributed by atoms with van der Waals surface area (Å²) in [5, 5.41) is 0. The first kappa shape index (κ1) is 8.66. The number of aromatic amines is 2. The van der Waals surface area contributed by atoms with Crippen molar-refractivity contribution in [1.82, 2.24) is 9.97 Å². The Morgan fingerprint density at radius 3 is 2.75 bits per heavy atom.